The lowest BCUT2D eigenvalue weighted by molar-refractivity contribution is 0.414. The lowest BCUT2D eigenvalue weighted by Crippen LogP contribution is -2.23. The summed E-state index contributed by atoms with van der Waals surface area (Å²) in [4.78, 5) is 4.23. The summed E-state index contributed by atoms with van der Waals surface area (Å²) in [5.41, 5.74) is 0.727. The van der Waals surface area contributed by atoms with Crippen molar-refractivity contribution >= 4 is 9.84 Å². The monoisotopic (exact) mass is 352 g/mol. The largest absolute Gasteiger partial charge is 0.497 e. The highest BCUT2D eigenvalue weighted by Gasteiger charge is 2.26. The minimum atomic E-state index is -3.28. The van der Waals surface area contributed by atoms with Gasteiger partial charge in [-0.3, -0.25) is 0 Å². The van der Waals surface area contributed by atoms with Gasteiger partial charge in [0.25, 0.3) is 5.89 Å². The molecule has 1 aromatic carbocycles. The predicted octanol–water partition coefficient (Wildman–Crippen LogP) is 3.63. The Bertz CT molecular complexity index is 732. The lowest BCUT2D eigenvalue weighted by atomic mass is 10.2. The van der Waals surface area contributed by atoms with Crippen molar-refractivity contribution in [2.45, 2.75) is 50.5 Å². The first kappa shape index (κ1) is 18.4. The summed E-state index contributed by atoms with van der Waals surface area (Å²) in [6.07, 6.45) is 3.01. The van der Waals surface area contributed by atoms with E-state index in [0.717, 1.165) is 24.2 Å². The van der Waals surface area contributed by atoms with Crippen LogP contribution in [0.2, 0.25) is 0 Å². The van der Waals surface area contributed by atoms with Gasteiger partial charge in [0.05, 0.1) is 12.4 Å². The minimum absolute atomic E-state index is 0.183. The fraction of sp³-hybridized carbons (Fsp3) is 0.529. The number of methoxy groups -OCH3 is 1. The van der Waals surface area contributed by atoms with Crippen LogP contribution >= 0.6 is 0 Å². The van der Waals surface area contributed by atoms with Gasteiger partial charge in [-0.1, -0.05) is 31.8 Å². The highest BCUT2D eigenvalue weighted by atomic mass is 32.2. The second-order valence-corrected chi connectivity index (χ2v) is 8.03. The van der Waals surface area contributed by atoms with E-state index in [9.17, 15) is 8.42 Å². The highest BCUT2D eigenvalue weighted by molar-refractivity contribution is 7.91. The number of rotatable bonds is 9. The Balaban J connectivity index is 2.14. The van der Waals surface area contributed by atoms with Crippen molar-refractivity contribution in [3.05, 3.63) is 30.1 Å². The third-order valence-corrected chi connectivity index (χ3v) is 6.01. The summed E-state index contributed by atoms with van der Waals surface area (Å²) in [6.45, 7) is 3.99. The number of aromatic nitrogens is 2. The van der Waals surface area contributed by atoms with E-state index in [0.29, 0.717) is 18.7 Å². The van der Waals surface area contributed by atoms with E-state index in [1.807, 2.05) is 13.8 Å². The van der Waals surface area contributed by atoms with Crippen LogP contribution in [0.25, 0.3) is 11.5 Å². The average molecular weight is 352 g/mol. The molecule has 0 N–H and O–H groups in total. The molecule has 0 fully saturated rings. The maximum atomic E-state index is 12.6. The minimum Gasteiger partial charge on any atom is -0.497 e. The van der Waals surface area contributed by atoms with Crippen molar-refractivity contribution in [3.63, 3.8) is 0 Å². The van der Waals surface area contributed by atoms with Crippen LogP contribution in [0.3, 0.4) is 0 Å². The van der Waals surface area contributed by atoms with E-state index >= 15 is 0 Å². The molecule has 7 heteroatoms. The number of benzene rings is 1. The molecule has 1 aromatic heterocycles. The number of ether oxygens (including phenoxy) is 1. The van der Waals surface area contributed by atoms with Crippen molar-refractivity contribution < 1.29 is 17.7 Å². The van der Waals surface area contributed by atoms with Gasteiger partial charge in [0.1, 0.15) is 11.5 Å². The zero-order chi connectivity index (χ0) is 17.6. The third-order valence-electron chi connectivity index (χ3n) is 3.86. The van der Waals surface area contributed by atoms with Gasteiger partial charge in [-0.15, -0.1) is 0 Å². The van der Waals surface area contributed by atoms with Crippen molar-refractivity contribution in [2.24, 2.45) is 0 Å². The van der Waals surface area contributed by atoms with Crippen LogP contribution in [0, 0.1) is 0 Å². The van der Waals surface area contributed by atoms with Crippen molar-refractivity contribution in [1.29, 1.82) is 0 Å². The van der Waals surface area contributed by atoms with Gasteiger partial charge >= 0.3 is 0 Å². The van der Waals surface area contributed by atoms with Crippen LogP contribution in [-0.2, 0) is 15.6 Å². The molecule has 132 valence electrons. The molecular formula is C17H24N2O4S. The number of nitrogens with zero attached hydrogens (tertiary/aromatic N) is 2. The molecule has 6 nitrogen and oxygen atoms in total. The van der Waals surface area contributed by atoms with Crippen LogP contribution in [0.5, 0.6) is 5.75 Å². The first-order valence-electron chi connectivity index (χ1n) is 8.18. The Morgan fingerprint density at radius 3 is 2.29 bits per heavy atom. The molecule has 0 atom stereocenters. The molecule has 2 rings (SSSR count). The zero-order valence-electron chi connectivity index (χ0n) is 14.4. The second-order valence-electron chi connectivity index (χ2n) is 5.75. The molecule has 0 radical (unpaired) electrons. The third kappa shape index (κ3) is 4.56. The van der Waals surface area contributed by atoms with Gasteiger partial charge in [0, 0.05) is 5.56 Å². The first-order chi connectivity index (χ1) is 11.5. The van der Waals surface area contributed by atoms with Crippen LogP contribution in [0.4, 0.5) is 0 Å². The van der Waals surface area contributed by atoms with Crippen LogP contribution in [0.1, 0.15) is 45.4 Å². The fourth-order valence-electron chi connectivity index (χ4n) is 2.61. The van der Waals surface area contributed by atoms with Crippen LogP contribution < -0.4 is 4.74 Å². The highest BCUT2D eigenvalue weighted by Crippen LogP contribution is 2.23. The Labute approximate surface area is 143 Å². The Morgan fingerprint density at radius 2 is 1.75 bits per heavy atom. The van der Waals surface area contributed by atoms with Gasteiger partial charge < -0.3 is 9.26 Å². The maximum Gasteiger partial charge on any atom is 0.257 e. The lowest BCUT2D eigenvalue weighted by Gasteiger charge is -2.14. The normalized spacial score (nSPS) is 11.8. The van der Waals surface area contributed by atoms with E-state index in [-0.39, 0.29) is 16.8 Å². The molecule has 0 aliphatic heterocycles. The molecule has 2 aromatic rings. The van der Waals surface area contributed by atoms with E-state index in [4.69, 9.17) is 9.26 Å². The van der Waals surface area contributed by atoms with Crippen molar-refractivity contribution in [3.8, 4) is 17.2 Å². The maximum absolute atomic E-state index is 12.6. The van der Waals surface area contributed by atoms with Gasteiger partial charge in [-0.25, -0.2) is 8.42 Å². The summed E-state index contributed by atoms with van der Waals surface area (Å²) < 4.78 is 35.4. The Kier molecular flexibility index (Phi) is 6.36. The standard InChI is InChI=1S/C17H24N2O4S/c1-4-6-15(7-5-2)24(20,21)12-16-18-17(23-19-16)13-8-10-14(22-3)11-9-13/h8-11,15H,4-7,12H2,1-3H3. The van der Waals surface area contributed by atoms with E-state index < -0.39 is 9.84 Å². The molecule has 0 aliphatic rings. The van der Waals surface area contributed by atoms with E-state index in [2.05, 4.69) is 10.1 Å². The van der Waals surface area contributed by atoms with E-state index in [1.165, 1.54) is 0 Å². The molecule has 0 saturated carbocycles. The van der Waals surface area contributed by atoms with Crippen molar-refractivity contribution in [2.75, 3.05) is 7.11 Å². The summed E-state index contributed by atoms with van der Waals surface area (Å²) in [5, 5.41) is 3.49. The molecule has 0 amide bonds. The molecule has 0 saturated heterocycles. The molecular weight excluding hydrogens is 328 g/mol. The molecule has 0 unspecified atom stereocenters. The fourth-order valence-corrected chi connectivity index (χ4v) is 4.51. The number of hydrogen-bond acceptors (Lipinski definition) is 6. The molecule has 1 heterocycles. The predicted molar refractivity (Wildman–Crippen MR) is 92.5 cm³/mol. The van der Waals surface area contributed by atoms with Gasteiger partial charge in [-0.2, -0.15) is 4.98 Å². The van der Waals surface area contributed by atoms with Crippen LogP contribution in [0.15, 0.2) is 28.8 Å². The molecule has 24 heavy (non-hydrogen) atoms. The average Bonchev–Trinajstić information content (AvgIpc) is 3.02. The summed E-state index contributed by atoms with van der Waals surface area (Å²) in [5.74, 6) is 1.06. The van der Waals surface area contributed by atoms with Gasteiger partial charge in [-0.05, 0) is 37.1 Å². The molecule has 0 bridgehead atoms. The van der Waals surface area contributed by atoms with Gasteiger partial charge in [0.15, 0.2) is 15.7 Å². The first-order valence-corrected chi connectivity index (χ1v) is 9.90. The SMILES string of the molecule is CCCC(CCC)S(=O)(=O)Cc1noc(-c2ccc(OC)cc2)n1. The number of hydrogen-bond donors (Lipinski definition) is 0. The zero-order valence-corrected chi connectivity index (χ0v) is 15.2. The quantitative estimate of drug-likeness (QED) is 0.685. The summed E-state index contributed by atoms with van der Waals surface area (Å²) in [7, 11) is -1.69. The topological polar surface area (TPSA) is 82.3 Å². The molecule has 0 spiro atoms. The van der Waals surface area contributed by atoms with Crippen LogP contribution in [-0.4, -0.2) is 30.9 Å². The second kappa shape index (κ2) is 8.28. The Morgan fingerprint density at radius 1 is 1.12 bits per heavy atom. The smallest absolute Gasteiger partial charge is 0.257 e. The Hall–Kier alpha value is -1.89. The summed E-state index contributed by atoms with van der Waals surface area (Å²) >= 11 is 0. The number of sulfone groups is 1. The van der Waals surface area contributed by atoms with Gasteiger partial charge in [0.2, 0.25) is 0 Å². The summed E-state index contributed by atoms with van der Waals surface area (Å²) in [6, 6.07) is 7.16. The van der Waals surface area contributed by atoms with Crippen molar-refractivity contribution in [1.82, 2.24) is 10.1 Å². The van der Waals surface area contributed by atoms with E-state index in [1.54, 1.807) is 31.4 Å². The molecule has 0 aliphatic carbocycles.